The van der Waals surface area contributed by atoms with Gasteiger partial charge in [0, 0.05) is 5.69 Å². The van der Waals surface area contributed by atoms with E-state index in [1.54, 1.807) is 53.7 Å². The summed E-state index contributed by atoms with van der Waals surface area (Å²) in [5.74, 6) is -1.13. The van der Waals surface area contributed by atoms with E-state index in [1.165, 1.54) is 4.90 Å². The molecule has 0 unspecified atom stereocenters. The standard InChI is InChI=1S/C23H34N2O7/c1-22(2,3)31-20(28)24-17-10-8-7-9-15(17)11-12-16-13-25(14-18(30-16)19(26)27)21(29)32-23(4,5)6/h7-10,16,18H,11-14H2,1-6H3,(H,24,28)(H,26,27)/t16-,18+/m1/s1. The number of carboxylic acid groups (broad SMARTS) is 1. The minimum absolute atomic E-state index is 0.0719. The number of aryl methyl sites for hydroxylation is 1. The number of nitrogens with one attached hydrogen (secondary N) is 1. The van der Waals surface area contributed by atoms with Crippen LogP contribution in [0, 0.1) is 0 Å². The van der Waals surface area contributed by atoms with Gasteiger partial charge in [-0.2, -0.15) is 0 Å². The Morgan fingerprint density at radius 3 is 2.28 bits per heavy atom. The summed E-state index contributed by atoms with van der Waals surface area (Å²) in [6.07, 6.45) is -1.78. The third-order valence-corrected chi connectivity index (χ3v) is 4.48. The molecule has 0 bridgehead atoms. The zero-order valence-electron chi connectivity index (χ0n) is 19.6. The number of anilines is 1. The molecule has 1 aromatic rings. The largest absolute Gasteiger partial charge is 0.479 e. The monoisotopic (exact) mass is 450 g/mol. The predicted octanol–water partition coefficient (Wildman–Crippen LogP) is 4.06. The van der Waals surface area contributed by atoms with E-state index in [-0.39, 0.29) is 13.1 Å². The molecule has 0 spiro atoms. The van der Waals surface area contributed by atoms with Gasteiger partial charge in [0.05, 0.1) is 19.2 Å². The van der Waals surface area contributed by atoms with Gasteiger partial charge in [0.15, 0.2) is 6.10 Å². The third-order valence-electron chi connectivity index (χ3n) is 4.48. The Balaban J connectivity index is 2.06. The van der Waals surface area contributed by atoms with E-state index in [0.717, 1.165) is 5.56 Å². The van der Waals surface area contributed by atoms with Gasteiger partial charge in [-0.25, -0.2) is 14.4 Å². The first kappa shape index (κ1) is 25.5. The van der Waals surface area contributed by atoms with Crippen molar-refractivity contribution in [1.29, 1.82) is 0 Å². The van der Waals surface area contributed by atoms with Gasteiger partial charge in [0.25, 0.3) is 0 Å². The maximum Gasteiger partial charge on any atom is 0.412 e. The van der Waals surface area contributed by atoms with Crippen molar-refractivity contribution in [1.82, 2.24) is 4.90 Å². The molecule has 1 aromatic carbocycles. The van der Waals surface area contributed by atoms with Crippen LogP contribution in [0.3, 0.4) is 0 Å². The van der Waals surface area contributed by atoms with Gasteiger partial charge < -0.3 is 24.2 Å². The average molecular weight is 451 g/mol. The molecule has 1 aliphatic heterocycles. The predicted molar refractivity (Wildman–Crippen MR) is 119 cm³/mol. The number of hydrogen-bond donors (Lipinski definition) is 2. The highest BCUT2D eigenvalue weighted by atomic mass is 16.6. The van der Waals surface area contributed by atoms with Crippen LogP contribution < -0.4 is 5.32 Å². The van der Waals surface area contributed by atoms with Crippen LogP contribution in [0.25, 0.3) is 0 Å². The molecule has 9 heteroatoms. The summed E-state index contributed by atoms with van der Waals surface area (Å²) in [5.41, 5.74) is 0.154. The van der Waals surface area contributed by atoms with Crippen molar-refractivity contribution in [3.05, 3.63) is 29.8 Å². The molecule has 2 N–H and O–H groups in total. The molecule has 1 aliphatic rings. The molecule has 2 atom stereocenters. The molecule has 32 heavy (non-hydrogen) atoms. The van der Waals surface area contributed by atoms with Crippen molar-refractivity contribution in [2.75, 3.05) is 18.4 Å². The summed E-state index contributed by atoms with van der Waals surface area (Å²) in [6, 6.07) is 7.30. The number of nitrogens with zero attached hydrogens (tertiary/aromatic N) is 1. The van der Waals surface area contributed by atoms with Gasteiger partial charge >= 0.3 is 18.2 Å². The minimum atomic E-state index is -1.13. The topological polar surface area (TPSA) is 114 Å². The van der Waals surface area contributed by atoms with Crippen molar-refractivity contribution in [3.63, 3.8) is 0 Å². The van der Waals surface area contributed by atoms with Gasteiger partial charge in [0.1, 0.15) is 11.2 Å². The number of carbonyl (C=O) groups is 3. The smallest absolute Gasteiger partial charge is 0.412 e. The van der Waals surface area contributed by atoms with E-state index in [1.807, 2.05) is 12.1 Å². The summed E-state index contributed by atoms with van der Waals surface area (Å²) < 4.78 is 16.4. The van der Waals surface area contributed by atoms with E-state index in [2.05, 4.69) is 5.32 Å². The van der Waals surface area contributed by atoms with E-state index >= 15 is 0 Å². The molecule has 0 radical (unpaired) electrons. The second kappa shape index (κ2) is 10.2. The zero-order chi connectivity index (χ0) is 24.1. The average Bonchev–Trinajstić information content (AvgIpc) is 2.64. The van der Waals surface area contributed by atoms with Gasteiger partial charge in [0.2, 0.25) is 0 Å². The Labute approximate surface area is 189 Å². The Morgan fingerprint density at radius 2 is 1.69 bits per heavy atom. The van der Waals surface area contributed by atoms with Crippen LogP contribution in [0.4, 0.5) is 15.3 Å². The summed E-state index contributed by atoms with van der Waals surface area (Å²) in [7, 11) is 0. The number of hydrogen-bond acceptors (Lipinski definition) is 6. The SMILES string of the molecule is CC(C)(C)OC(=O)Nc1ccccc1CC[C@@H]1CN(C(=O)OC(C)(C)C)C[C@@H](C(=O)O)O1. The Morgan fingerprint density at radius 1 is 1.06 bits per heavy atom. The van der Waals surface area contributed by atoms with E-state index in [4.69, 9.17) is 14.2 Å². The van der Waals surface area contributed by atoms with Crippen molar-refractivity contribution >= 4 is 23.8 Å². The van der Waals surface area contributed by atoms with Crippen molar-refractivity contribution in [2.24, 2.45) is 0 Å². The normalized spacial score (nSPS) is 19.2. The highest BCUT2D eigenvalue weighted by Gasteiger charge is 2.36. The molecule has 0 saturated carbocycles. The third kappa shape index (κ3) is 8.37. The molecule has 2 amide bonds. The molecule has 1 fully saturated rings. The Bertz CT molecular complexity index is 826. The van der Waals surface area contributed by atoms with Gasteiger partial charge in [-0.1, -0.05) is 18.2 Å². The quantitative estimate of drug-likeness (QED) is 0.695. The van der Waals surface area contributed by atoms with Gasteiger partial charge in [-0.05, 0) is 66.0 Å². The molecule has 2 rings (SSSR count). The lowest BCUT2D eigenvalue weighted by atomic mass is 10.0. The van der Waals surface area contributed by atoms with Crippen molar-refractivity contribution < 1.29 is 33.7 Å². The second-order valence-corrected chi connectivity index (χ2v) is 9.79. The number of morpholine rings is 1. The number of carbonyl (C=O) groups excluding carboxylic acids is 2. The van der Waals surface area contributed by atoms with E-state index in [9.17, 15) is 19.5 Å². The summed E-state index contributed by atoms with van der Waals surface area (Å²) in [6.45, 7) is 10.8. The van der Waals surface area contributed by atoms with Crippen LogP contribution in [0.2, 0.25) is 0 Å². The summed E-state index contributed by atoms with van der Waals surface area (Å²) >= 11 is 0. The molecule has 178 valence electrons. The Kier molecular flexibility index (Phi) is 8.12. The fourth-order valence-electron chi connectivity index (χ4n) is 3.20. The number of para-hydroxylation sites is 1. The fraction of sp³-hybridized carbons (Fsp3) is 0.609. The molecular weight excluding hydrogens is 416 g/mol. The summed E-state index contributed by atoms with van der Waals surface area (Å²) in [4.78, 5) is 37.6. The minimum Gasteiger partial charge on any atom is -0.479 e. The molecular formula is C23H34N2O7. The highest BCUT2D eigenvalue weighted by Crippen LogP contribution is 2.23. The van der Waals surface area contributed by atoms with Gasteiger partial charge in [-0.3, -0.25) is 5.32 Å². The first-order valence-electron chi connectivity index (χ1n) is 10.7. The number of amides is 2. The van der Waals surface area contributed by atoms with E-state index in [0.29, 0.717) is 18.5 Å². The van der Waals surface area contributed by atoms with Crippen LogP contribution in [0.1, 0.15) is 53.5 Å². The molecule has 1 saturated heterocycles. The molecule has 0 aromatic heterocycles. The number of rotatable bonds is 5. The summed E-state index contributed by atoms with van der Waals surface area (Å²) in [5, 5.41) is 12.2. The first-order valence-corrected chi connectivity index (χ1v) is 10.7. The van der Waals surface area contributed by atoms with Crippen LogP contribution >= 0.6 is 0 Å². The highest BCUT2D eigenvalue weighted by molar-refractivity contribution is 5.86. The fourth-order valence-corrected chi connectivity index (χ4v) is 3.20. The molecule has 9 nitrogen and oxygen atoms in total. The van der Waals surface area contributed by atoms with Crippen molar-refractivity contribution in [2.45, 2.75) is 77.8 Å². The number of benzene rings is 1. The lowest BCUT2D eigenvalue weighted by Gasteiger charge is -2.37. The molecule has 0 aliphatic carbocycles. The van der Waals surface area contributed by atoms with Crippen LogP contribution in [0.15, 0.2) is 24.3 Å². The number of carboxylic acids is 1. The number of aliphatic carboxylic acids is 1. The maximum absolute atomic E-state index is 12.5. The van der Waals surface area contributed by atoms with Gasteiger partial charge in [-0.15, -0.1) is 0 Å². The zero-order valence-corrected chi connectivity index (χ0v) is 19.6. The van der Waals surface area contributed by atoms with E-state index < -0.39 is 41.6 Å². The first-order chi connectivity index (χ1) is 14.7. The lowest BCUT2D eigenvalue weighted by Crippen LogP contribution is -2.53. The Hall–Kier alpha value is -2.81. The lowest BCUT2D eigenvalue weighted by molar-refractivity contribution is -0.163. The van der Waals surface area contributed by atoms with Crippen LogP contribution in [-0.4, -0.2) is 64.7 Å². The maximum atomic E-state index is 12.5. The number of ether oxygens (including phenoxy) is 3. The van der Waals surface area contributed by atoms with Crippen LogP contribution in [-0.2, 0) is 25.4 Å². The molecule has 1 heterocycles. The van der Waals surface area contributed by atoms with Crippen LogP contribution in [0.5, 0.6) is 0 Å². The van der Waals surface area contributed by atoms with Crippen molar-refractivity contribution in [3.8, 4) is 0 Å². The second-order valence-electron chi connectivity index (χ2n) is 9.79.